The molecule has 0 radical (unpaired) electrons. The predicted octanol–water partition coefficient (Wildman–Crippen LogP) is 3.78. The smallest absolute Gasteiger partial charge is 0.315 e. The molecule has 1 heterocycles. The van der Waals surface area contributed by atoms with Crippen molar-refractivity contribution in [2.75, 3.05) is 13.1 Å². The molecule has 2 aromatic carbocycles. The number of hydrogen-bond acceptors (Lipinski definition) is 6. The van der Waals surface area contributed by atoms with Crippen LogP contribution < -0.4 is 4.74 Å². The second-order valence-corrected chi connectivity index (χ2v) is 9.30. The van der Waals surface area contributed by atoms with Gasteiger partial charge in [0.1, 0.15) is 23.5 Å². The molecule has 0 spiro atoms. The van der Waals surface area contributed by atoms with Crippen molar-refractivity contribution in [2.24, 2.45) is 5.92 Å². The van der Waals surface area contributed by atoms with E-state index in [0.29, 0.717) is 35.7 Å². The van der Waals surface area contributed by atoms with E-state index >= 15 is 0 Å². The summed E-state index contributed by atoms with van der Waals surface area (Å²) >= 11 is 5.84. The van der Waals surface area contributed by atoms with Gasteiger partial charge in [0, 0.05) is 18.1 Å². The number of nitriles is 2. The summed E-state index contributed by atoms with van der Waals surface area (Å²) < 4.78 is 32.5. The second-order valence-electron chi connectivity index (χ2n) is 6.93. The van der Waals surface area contributed by atoms with Gasteiger partial charge in [-0.3, -0.25) is 4.79 Å². The number of esters is 1. The number of halogens is 1. The van der Waals surface area contributed by atoms with Crippen LogP contribution in [0.5, 0.6) is 5.75 Å². The Bertz CT molecular complexity index is 1160. The lowest BCUT2D eigenvalue weighted by atomic mass is 10.00. The Morgan fingerprint density at radius 3 is 2.35 bits per heavy atom. The van der Waals surface area contributed by atoms with Gasteiger partial charge < -0.3 is 4.74 Å². The lowest BCUT2D eigenvalue weighted by Gasteiger charge is -2.30. The van der Waals surface area contributed by atoms with Crippen LogP contribution in [0.3, 0.4) is 0 Å². The predicted molar refractivity (Wildman–Crippen MR) is 114 cm³/mol. The molecule has 1 saturated heterocycles. The van der Waals surface area contributed by atoms with E-state index in [0.717, 1.165) is 0 Å². The third kappa shape index (κ3) is 5.50. The molecule has 1 atom stereocenters. The number of carbonyl (C=O) groups is 1. The van der Waals surface area contributed by atoms with E-state index in [-0.39, 0.29) is 17.0 Å². The molecule has 3 rings (SSSR count). The minimum Gasteiger partial charge on any atom is -0.426 e. The van der Waals surface area contributed by atoms with Crippen LogP contribution in [0.25, 0.3) is 6.08 Å². The summed E-state index contributed by atoms with van der Waals surface area (Å²) in [7, 11) is -3.73. The van der Waals surface area contributed by atoms with E-state index in [9.17, 15) is 13.2 Å². The number of nitrogens with zero attached hydrogens (tertiary/aromatic N) is 3. The van der Waals surface area contributed by atoms with E-state index in [1.54, 1.807) is 36.4 Å². The molecule has 1 aliphatic rings. The third-order valence-electron chi connectivity index (χ3n) is 4.82. The van der Waals surface area contributed by atoms with Gasteiger partial charge in [-0.2, -0.15) is 14.8 Å². The average Bonchev–Trinajstić information content (AvgIpc) is 2.79. The first-order valence-corrected chi connectivity index (χ1v) is 11.2. The summed E-state index contributed by atoms with van der Waals surface area (Å²) in [4.78, 5) is 12.7. The summed E-state index contributed by atoms with van der Waals surface area (Å²) in [5, 5.41) is 18.1. The molecule has 0 amide bonds. The Morgan fingerprint density at radius 1 is 1.10 bits per heavy atom. The van der Waals surface area contributed by atoms with Gasteiger partial charge in [-0.15, -0.1) is 0 Å². The molecule has 31 heavy (non-hydrogen) atoms. The number of benzene rings is 2. The monoisotopic (exact) mass is 455 g/mol. The van der Waals surface area contributed by atoms with Crippen molar-refractivity contribution in [1.82, 2.24) is 4.31 Å². The highest BCUT2D eigenvalue weighted by molar-refractivity contribution is 7.89. The minimum absolute atomic E-state index is 0.0334. The van der Waals surface area contributed by atoms with Crippen molar-refractivity contribution in [2.45, 2.75) is 17.7 Å². The molecular formula is C22H18ClN3O4S. The molecule has 0 aliphatic carbocycles. The molecule has 0 N–H and O–H groups in total. The Balaban J connectivity index is 1.67. The first kappa shape index (κ1) is 22.5. The van der Waals surface area contributed by atoms with Gasteiger partial charge >= 0.3 is 5.97 Å². The highest BCUT2D eigenvalue weighted by atomic mass is 35.5. The van der Waals surface area contributed by atoms with Crippen molar-refractivity contribution in [3.8, 4) is 17.9 Å². The van der Waals surface area contributed by atoms with Crippen molar-refractivity contribution in [1.29, 1.82) is 10.5 Å². The van der Waals surface area contributed by atoms with Crippen LogP contribution in [0.15, 0.2) is 59.0 Å². The number of piperidine rings is 1. The van der Waals surface area contributed by atoms with Gasteiger partial charge in [0.25, 0.3) is 0 Å². The zero-order chi connectivity index (χ0) is 22.4. The molecule has 7 nitrogen and oxygen atoms in total. The first-order chi connectivity index (χ1) is 14.8. The molecule has 158 valence electrons. The fourth-order valence-electron chi connectivity index (χ4n) is 3.20. The molecule has 1 aliphatic heterocycles. The van der Waals surface area contributed by atoms with Crippen LogP contribution in [0, 0.1) is 28.6 Å². The number of allylic oxidation sites excluding steroid dienone is 1. The molecule has 0 bridgehead atoms. The number of ether oxygens (including phenoxy) is 1. The van der Waals surface area contributed by atoms with E-state index < -0.39 is 21.9 Å². The minimum atomic E-state index is -3.73. The number of sulfonamides is 1. The Labute approximate surface area is 185 Å². The topological polar surface area (TPSA) is 111 Å². The van der Waals surface area contributed by atoms with E-state index in [1.165, 1.54) is 34.6 Å². The normalized spacial score (nSPS) is 16.5. The van der Waals surface area contributed by atoms with Gasteiger partial charge in [-0.05, 0) is 60.9 Å². The van der Waals surface area contributed by atoms with Crippen LogP contribution >= 0.6 is 11.6 Å². The maximum Gasteiger partial charge on any atom is 0.315 e. The quantitative estimate of drug-likeness (QED) is 0.385. The van der Waals surface area contributed by atoms with Gasteiger partial charge in [0.2, 0.25) is 10.0 Å². The van der Waals surface area contributed by atoms with Crippen LogP contribution in [-0.4, -0.2) is 31.8 Å². The van der Waals surface area contributed by atoms with E-state index in [1.807, 2.05) is 0 Å². The number of rotatable bonds is 5. The Hall–Kier alpha value is -3.17. The Kier molecular flexibility index (Phi) is 7.09. The number of hydrogen-bond donors (Lipinski definition) is 0. The fraction of sp³-hybridized carbons (Fsp3) is 0.227. The van der Waals surface area contributed by atoms with E-state index in [4.69, 9.17) is 26.9 Å². The Morgan fingerprint density at radius 2 is 1.74 bits per heavy atom. The van der Waals surface area contributed by atoms with Gasteiger partial charge in [0.15, 0.2) is 0 Å². The van der Waals surface area contributed by atoms with Crippen LogP contribution in [-0.2, 0) is 14.8 Å². The highest BCUT2D eigenvalue weighted by Gasteiger charge is 2.34. The number of carbonyl (C=O) groups excluding carboxylic acids is 1. The van der Waals surface area contributed by atoms with Gasteiger partial charge in [0.05, 0.1) is 10.8 Å². The van der Waals surface area contributed by atoms with Crippen molar-refractivity contribution in [3.63, 3.8) is 0 Å². The zero-order valence-electron chi connectivity index (χ0n) is 16.4. The summed E-state index contributed by atoms with van der Waals surface area (Å²) in [5.41, 5.74) is 0.588. The maximum absolute atomic E-state index is 12.9. The average molecular weight is 456 g/mol. The lowest BCUT2D eigenvalue weighted by molar-refractivity contribution is -0.140. The van der Waals surface area contributed by atoms with Gasteiger partial charge in [-0.25, -0.2) is 8.42 Å². The zero-order valence-corrected chi connectivity index (χ0v) is 17.9. The molecule has 0 aromatic heterocycles. The standard InChI is InChI=1S/C22H18ClN3O4S/c23-19-5-9-21(10-6-19)31(28,29)26-11-1-2-18(15-26)22(27)30-20-7-3-16(4-8-20)12-17(13-24)14-25/h3-10,12,18H,1-2,11,15H2. The highest BCUT2D eigenvalue weighted by Crippen LogP contribution is 2.26. The molecule has 9 heteroatoms. The molecule has 0 saturated carbocycles. The second kappa shape index (κ2) is 9.76. The molecule has 1 fully saturated rings. The van der Waals surface area contributed by atoms with Crippen LogP contribution in [0.1, 0.15) is 18.4 Å². The maximum atomic E-state index is 12.9. The lowest BCUT2D eigenvalue weighted by Crippen LogP contribution is -2.43. The van der Waals surface area contributed by atoms with Crippen molar-refractivity contribution in [3.05, 3.63) is 64.7 Å². The molecule has 1 unspecified atom stereocenters. The van der Waals surface area contributed by atoms with Crippen LogP contribution in [0.4, 0.5) is 0 Å². The summed E-state index contributed by atoms with van der Waals surface area (Å²) in [6.07, 6.45) is 2.49. The molecular weight excluding hydrogens is 438 g/mol. The van der Waals surface area contributed by atoms with Gasteiger partial charge in [-0.1, -0.05) is 23.7 Å². The van der Waals surface area contributed by atoms with E-state index in [2.05, 4.69) is 0 Å². The first-order valence-electron chi connectivity index (χ1n) is 9.43. The van der Waals surface area contributed by atoms with Crippen molar-refractivity contribution < 1.29 is 17.9 Å². The third-order valence-corrected chi connectivity index (χ3v) is 6.95. The summed E-state index contributed by atoms with van der Waals surface area (Å²) in [6.45, 7) is 0.369. The summed E-state index contributed by atoms with van der Waals surface area (Å²) in [6, 6.07) is 15.8. The largest absolute Gasteiger partial charge is 0.426 e. The fourth-order valence-corrected chi connectivity index (χ4v) is 4.85. The SMILES string of the molecule is N#CC(C#N)=Cc1ccc(OC(=O)C2CCCN(S(=O)(=O)c3ccc(Cl)cc3)C2)cc1. The molecule has 2 aromatic rings. The summed E-state index contributed by atoms with van der Waals surface area (Å²) in [5.74, 6) is -0.788. The van der Waals surface area contributed by atoms with Crippen molar-refractivity contribution >= 4 is 33.7 Å². The van der Waals surface area contributed by atoms with Crippen LogP contribution in [0.2, 0.25) is 5.02 Å².